The van der Waals surface area contributed by atoms with Gasteiger partial charge in [0.25, 0.3) is 5.91 Å². The molecule has 0 saturated carbocycles. The lowest BCUT2D eigenvalue weighted by Gasteiger charge is -2.23. The summed E-state index contributed by atoms with van der Waals surface area (Å²) in [4.78, 5) is 28.3. The molecule has 2 aromatic rings. The molecule has 0 spiro atoms. The van der Waals surface area contributed by atoms with E-state index in [0.717, 1.165) is 5.56 Å². The predicted octanol–water partition coefficient (Wildman–Crippen LogP) is 3.30. The van der Waals surface area contributed by atoms with E-state index >= 15 is 0 Å². The molecule has 3 rings (SSSR count). The zero-order chi connectivity index (χ0) is 20.3. The largest absolute Gasteiger partial charge is 0.497 e. The minimum atomic E-state index is -0.647. The molecule has 1 N–H and O–H groups in total. The molecule has 1 fully saturated rings. The zero-order valence-corrected chi connectivity index (χ0v) is 17.1. The molecule has 0 aromatic heterocycles. The van der Waals surface area contributed by atoms with E-state index in [-0.39, 0.29) is 18.2 Å². The average molecular weight is 418 g/mol. The first-order valence-electron chi connectivity index (χ1n) is 8.65. The van der Waals surface area contributed by atoms with Gasteiger partial charge in [0, 0.05) is 24.3 Å². The topological polar surface area (TPSA) is 61.9 Å². The Labute approximate surface area is 174 Å². The maximum atomic E-state index is 12.6. The number of ether oxygens (including phenoxy) is 1. The molecule has 1 atom stereocenters. The van der Waals surface area contributed by atoms with Gasteiger partial charge in [-0.25, -0.2) is 0 Å². The van der Waals surface area contributed by atoms with Crippen LogP contribution in [0.2, 0.25) is 5.02 Å². The average Bonchev–Trinajstić information content (AvgIpc) is 2.88. The first-order valence-corrected chi connectivity index (χ1v) is 9.44. The number of methoxy groups -OCH3 is 1. The number of carbonyl (C=O) groups is 2. The molecule has 6 nitrogen and oxygen atoms in total. The number of benzene rings is 2. The molecule has 2 aromatic carbocycles. The number of amides is 2. The molecule has 28 heavy (non-hydrogen) atoms. The van der Waals surface area contributed by atoms with Crippen molar-refractivity contribution in [2.45, 2.75) is 19.0 Å². The SMILES string of the molecule is COc1ccc(NC(=O)C[C@@H]2C(=O)N(C)C(=S)N2Cc2ccc(Cl)cc2)cc1. The Morgan fingerprint density at radius 2 is 1.82 bits per heavy atom. The highest BCUT2D eigenvalue weighted by Crippen LogP contribution is 2.24. The molecular weight excluding hydrogens is 398 g/mol. The first kappa shape index (κ1) is 20.1. The molecule has 8 heteroatoms. The van der Waals surface area contributed by atoms with Crippen molar-refractivity contribution in [3.63, 3.8) is 0 Å². The highest BCUT2D eigenvalue weighted by molar-refractivity contribution is 7.80. The van der Waals surface area contributed by atoms with E-state index in [9.17, 15) is 9.59 Å². The van der Waals surface area contributed by atoms with Crippen molar-refractivity contribution in [1.29, 1.82) is 0 Å². The number of nitrogens with one attached hydrogen (secondary N) is 1. The first-order chi connectivity index (χ1) is 13.4. The van der Waals surface area contributed by atoms with Crippen LogP contribution in [0.25, 0.3) is 0 Å². The van der Waals surface area contributed by atoms with Gasteiger partial charge in [-0.3, -0.25) is 14.5 Å². The predicted molar refractivity (Wildman–Crippen MR) is 112 cm³/mol. The van der Waals surface area contributed by atoms with Crippen LogP contribution in [0, 0.1) is 0 Å². The van der Waals surface area contributed by atoms with Crippen LogP contribution in [0.4, 0.5) is 5.69 Å². The second kappa shape index (κ2) is 8.58. The van der Waals surface area contributed by atoms with E-state index in [1.807, 2.05) is 12.1 Å². The van der Waals surface area contributed by atoms with Gasteiger partial charge in [0.1, 0.15) is 11.8 Å². The summed E-state index contributed by atoms with van der Waals surface area (Å²) in [5.41, 5.74) is 1.59. The van der Waals surface area contributed by atoms with E-state index in [0.29, 0.717) is 28.1 Å². The van der Waals surface area contributed by atoms with Crippen LogP contribution >= 0.6 is 23.8 Å². The van der Waals surface area contributed by atoms with E-state index in [4.69, 9.17) is 28.6 Å². The summed E-state index contributed by atoms with van der Waals surface area (Å²) >= 11 is 11.3. The van der Waals surface area contributed by atoms with Gasteiger partial charge in [-0.1, -0.05) is 23.7 Å². The number of likely N-dealkylation sites (N-methyl/N-ethyl adjacent to an activating group) is 1. The number of rotatable bonds is 6. The fourth-order valence-corrected chi connectivity index (χ4v) is 3.41. The molecule has 0 bridgehead atoms. The Morgan fingerprint density at radius 3 is 2.43 bits per heavy atom. The molecule has 1 saturated heterocycles. The van der Waals surface area contributed by atoms with Gasteiger partial charge in [-0.2, -0.15) is 0 Å². The van der Waals surface area contributed by atoms with Crippen molar-refractivity contribution in [3.8, 4) is 5.75 Å². The number of carbonyl (C=O) groups excluding carboxylic acids is 2. The van der Waals surface area contributed by atoms with Gasteiger partial charge >= 0.3 is 0 Å². The molecule has 146 valence electrons. The normalized spacial score (nSPS) is 16.5. The second-order valence-corrected chi connectivity index (χ2v) is 7.23. The standard InChI is InChI=1S/C20H20ClN3O3S/c1-23-19(26)17(11-18(25)22-15-7-9-16(27-2)10-8-15)24(20(23)28)12-13-3-5-14(21)6-4-13/h3-10,17H,11-12H2,1-2H3,(H,22,25)/t17-/m1/s1. The summed E-state index contributed by atoms with van der Waals surface area (Å²) in [5.74, 6) is 0.247. The number of thiocarbonyl (C=S) groups is 1. The van der Waals surface area contributed by atoms with Crippen LogP contribution in [0.3, 0.4) is 0 Å². The molecule has 1 aliphatic heterocycles. The summed E-state index contributed by atoms with van der Waals surface area (Å²) in [6.45, 7) is 0.423. The van der Waals surface area contributed by atoms with Crippen LogP contribution in [0.5, 0.6) is 5.75 Å². The number of hydrogen-bond donors (Lipinski definition) is 1. The summed E-state index contributed by atoms with van der Waals surface area (Å²) < 4.78 is 5.11. The zero-order valence-electron chi connectivity index (χ0n) is 15.5. The molecule has 0 aliphatic carbocycles. The summed E-state index contributed by atoms with van der Waals surface area (Å²) in [6, 6.07) is 13.7. The molecule has 1 aliphatic rings. The Kier molecular flexibility index (Phi) is 6.16. The lowest BCUT2D eigenvalue weighted by molar-refractivity contribution is -0.130. The van der Waals surface area contributed by atoms with Gasteiger partial charge in [0.05, 0.1) is 13.5 Å². The number of nitrogens with zero attached hydrogens (tertiary/aromatic N) is 2. The quantitative estimate of drug-likeness (QED) is 0.730. The van der Waals surface area contributed by atoms with Crippen LogP contribution < -0.4 is 10.1 Å². The van der Waals surface area contributed by atoms with E-state index in [2.05, 4.69) is 5.32 Å². The van der Waals surface area contributed by atoms with Crippen LogP contribution in [-0.2, 0) is 16.1 Å². The molecule has 2 amide bonds. The number of anilines is 1. The van der Waals surface area contributed by atoms with E-state index in [1.165, 1.54) is 4.90 Å². The van der Waals surface area contributed by atoms with Crippen LogP contribution in [0.1, 0.15) is 12.0 Å². The highest BCUT2D eigenvalue weighted by Gasteiger charge is 2.41. The second-order valence-electron chi connectivity index (χ2n) is 6.43. The fraction of sp³-hybridized carbons (Fsp3) is 0.250. The summed E-state index contributed by atoms with van der Waals surface area (Å²) in [6.07, 6.45) is 0.00291. The van der Waals surface area contributed by atoms with Gasteiger partial charge in [-0.15, -0.1) is 0 Å². The maximum absolute atomic E-state index is 12.6. The molecule has 1 heterocycles. The van der Waals surface area contributed by atoms with Crippen molar-refractivity contribution in [3.05, 3.63) is 59.1 Å². The van der Waals surface area contributed by atoms with Crippen molar-refractivity contribution in [2.24, 2.45) is 0 Å². The van der Waals surface area contributed by atoms with Gasteiger partial charge in [0.2, 0.25) is 5.91 Å². The Balaban J connectivity index is 1.71. The summed E-state index contributed by atoms with van der Waals surface area (Å²) in [7, 11) is 3.20. The third-order valence-corrected chi connectivity index (χ3v) is 5.30. The van der Waals surface area contributed by atoms with Crippen molar-refractivity contribution in [2.75, 3.05) is 19.5 Å². The molecule has 0 radical (unpaired) electrons. The fourth-order valence-electron chi connectivity index (χ4n) is 3.00. The monoisotopic (exact) mass is 417 g/mol. The Morgan fingerprint density at radius 1 is 1.18 bits per heavy atom. The van der Waals surface area contributed by atoms with Gasteiger partial charge in [0.15, 0.2) is 5.11 Å². The van der Waals surface area contributed by atoms with Crippen molar-refractivity contribution >= 4 is 46.4 Å². The Bertz CT molecular complexity index is 887. The van der Waals surface area contributed by atoms with Gasteiger partial charge in [-0.05, 0) is 54.2 Å². The van der Waals surface area contributed by atoms with E-state index < -0.39 is 6.04 Å². The Hall–Kier alpha value is -2.64. The van der Waals surface area contributed by atoms with Crippen LogP contribution in [-0.4, -0.2) is 46.9 Å². The van der Waals surface area contributed by atoms with Gasteiger partial charge < -0.3 is 15.0 Å². The minimum absolute atomic E-state index is 0.00291. The van der Waals surface area contributed by atoms with Crippen LogP contribution in [0.15, 0.2) is 48.5 Å². The third-order valence-electron chi connectivity index (χ3n) is 4.54. The third kappa shape index (κ3) is 4.43. The summed E-state index contributed by atoms with van der Waals surface area (Å²) in [5, 5.41) is 3.85. The highest BCUT2D eigenvalue weighted by atomic mass is 35.5. The van der Waals surface area contributed by atoms with Crippen molar-refractivity contribution < 1.29 is 14.3 Å². The molecule has 0 unspecified atom stereocenters. The lowest BCUT2D eigenvalue weighted by atomic mass is 10.1. The lowest BCUT2D eigenvalue weighted by Crippen LogP contribution is -2.37. The smallest absolute Gasteiger partial charge is 0.251 e. The maximum Gasteiger partial charge on any atom is 0.251 e. The molecular formula is C20H20ClN3O3S. The number of halogens is 1. The van der Waals surface area contributed by atoms with Crippen molar-refractivity contribution in [1.82, 2.24) is 9.80 Å². The minimum Gasteiger partial charge on any atom is -0.497 e. The van der Waals surface area contributed by atoms with E-state index in [1.54, 1.807) is 55.5 Å². The number of hydrogen-bond acceptors (Lipinski definition) is 4.